The zero-order valence-corrected chi connectivity index (χ0v) is 18.5. The largest absolute Gasteiger partial charge is 0.320 e. The minimum absolute atomic E-state index is 0.156. The van der Waals surface area contributed by atoms with E-state index in [1.54, 1.807) is 11.5 Å². The molecule has 2 N–H and O–H groups in total. The first kappa shape index (κ1) is 22.3. The lowest BCUT2D eigenvalue weighted by Crippen LogP contribution is -2.11. The Morgan fingerprint density at radius 3 is 2.36 bits per heavy atom. The van der Waals surface area contributed by atoms with Crippen LogP contribution in [0.4, 0.5) is 0 Å². The van der Waals surface area contributed by atoms with Crippen LogP contribution in [-0.4, -0.2) is 24.3 Å². The molecule has 0 bridgehead atoms. The monoisotopic (exact) mass is 439 g/mol. The van der Waals surface area contributed by atoms with Crippen molar-refractivity contribution < 1.29 is 13.2 Å². The fourth-order valence-corrected chi connectivity index (χ4v) is 5.10. The molecular weight excluding hydrogens is 418 g/mol. The standard InChI is InChI=1S/C17H16ClN3O3S2.C2H6/c1-10-7-14(17(25-10)26(19,23)24)13-5-3-12(4-6-13)8-21-11(2)20-16(18)15(21)9-22;1-2/h3-7,9H,8H2,1-2H3,(H2,19,23,24);1-2H3. The zero-order chi connectivity index (χ0) is 21.1. The second-order valence-corrected chi connectivity index (χ2v) is 9.21. The van der Waals surface area contributed by atoms with Crippen molar-refractivity contribution in [1.82, 2.24) is 9.55 Å². The summed E-state index contributed by atoms with van der Waals surface area (Å²) in [4.78, 5) is 16.2. The normalized spacial score (nSPS) is 11.1. The van der Waals surface area contributed by atoms with Crippen molar-refractivity contribution >= 4 is 39.2 Å². The van der Waals surface area contributed by atoms with Gasteiger partial charge in [0, 0.05) is 17.0 Å². The number of rotatable bonds is 5. The summed E-state index contributed by atoms with van der Waals surface area (Å²) in [6, 6.07) is 9.22. The van der Waals surface area contributed by atoms with Crippen LogP contribution in [0.3, 0.4) is 0 Å². The van der Waals surface area contributed by atoms with Crippen molar-refractivity contribution in [3.8, 4) is 11.1 Å². The minimum atomic E-state index is -3.78. The van der Waals surface area contributed by atoms with Gasteiger partial charge in [0.1, 0.15) is 15.7 Å². The van der Waals surface area contributed by atoms with Gasteiger partial charge < -0.3 is 4.57 Å². The second-order valence-electron chi connectivity index (χ2n) is 5.84. The summed E-state index contributed by atoms with van der Waals surface area (Å²) in [5, 5.41) is 5.50. The molecule has 0 saturated heterocycles. The first-order chi connectivity index (χ1) is 13.2. The second kappa shape index (κ2) is 9.00. The average Bonchev–Trinajstić information content (AvgIpc) is 3.17. The zero-order valence-electron chi connectivity index (χ0n) is 16.1. The van der Waals surface area contributed by atoms with E-state index < -0.39 is 10.0 Å². The number of sulfonamides is 1. The predicted octanol–water partition coefficient (Wildman–Crippen LogP) is 4.42. The molecule has 0 aliphatic heterocycles. The summed E-state index contributed by atoms with van der Waals surface area (Å²) in [6.07, 6.45) is 0.684. The number of aryl methyl sites for hydroxylation is 2. The van der Waals surface area contributed by atoms with Crippen LogP contribution >= 0.6 is 22.9 Å². The van der Waals surface area contributed by atoms with Gasteiger partial charge in [-0.2, -0.15) is 0 Å². The molecule has 0 spiro atoms. The average molecular weight is 440 g/mol. The SMILES string of the molecule is CC.Cc1cc(-c2ccc(Cn3c(C)nc(Cl)c3C=O)cc2)c(S(N)(=O)=O)s1. The molecule has 3 aromatic rings. The first-order valence-electron chi connectivity index (χ1n) is 8.61. The summed E-state index contributed by atoms with van der Waals surface area (Å²) >= 11 is 7.11. The van der Waals surface area contributed by atoms with Crippen molar-refractivity contribution in [3.63, 3.8) is 0 Å². The molecule has 6 nitrogen and oxygen atoms in total. The van der Waals surface area contributed by atoms with Crippen LogP contribution in [0, 0.1) is 13.8 Å². The molecule has 0 fully saturated rings. The molecule has 28 heavy (non-hydrogen) atoms. The fourth-order valence-electron chi connectivity index (χ4n) is 2.73. The summed E-state index contributed by atoms with van der Waals surface area (Å²) in [6.45, 7) is 8.05. The number of benzene rings is 1. The third kappa shape index (κ3) is 4.70. The van der Waals surface area contributed by atoms with Crippen LogP contribution in [0.15, 0.2) is 34.5 Å². The molecule has 9 heteroatoms. The fraction of sp³-hybridized carbons (Fsp3) is 0.263. The Balaban J connectivity index is 0.00000136. The topological polar surface area (TPSA) is 95.0 Å². The van der Waals surface area contributed by atoms with E-state index in [0.717, 1.165) is 27.3 Å². The van der Waals surface area contributed by atoms with E-state index in [1.807, 2.05) is 51.1 Å². The molecule has 2 aromatic heterocycles. The van der Waals surface area contributed by atoms with E-state index in [-0.39, 0.29) is 9.36 Å². The van der Waals surface area contributed by atoms with E-state index in [2.05, 4.69) is 4.98 Å². The van der Waals surface area contributed by atoms with E-state index in [1.165, 1.54) is 0 Å². The van der Waals surface area contributed by atoms with Gasteiger partial charge in [-0.05, 0) is 31.0 Å². The summed E-state index contributed by atoms with van der Waals surface area (Å²) in [7, 11) is -3.78. The van der Waals surface area contributed by atoms with Crippen LogP contribution in [0.25, 0.3) is 11.1 Å². The Kier molecular flexibility index (Phi) is 7.16. The van der Waals surface area contributed by atoms with Crippen LogP contribution in [-0.2, 0) is 16.6 Å². The Hall–Kier alpha value is -2.00. The van der Waals surface area contributed by atoms with Crippen LogP contribution in [0.1, 0.15) is 40.6 Å². The third-order valence-corrected chi connectivity index (χ3v) is 6.76. The van der Waals surface area contributed by atoms with Gasteiger partial charge in [0.25, 0.3) is 0 Å². The number of hydrogen-bond donors (Lipinski definition) is 1. The number of aldehydes is 1. The number of halogens is 1. The van der Waals surface area contributed by atoms with Crippen molar-refractivity contribution in [3.05, 3.63) is 57.4 Å². The Labute approximate surface area is 174 Å². The van der Waals surface area contributed by atoms with Gasteiger partial charge in [-0.3, -0.25) is 4.79 Å². The molecule has 3 rings (SSSR count). The lowest BCUT2D eigenvalue weighted by molar-refractivity contribution is 0.111. The van der Waals surface area contributed by atoms with Crippen LogP contribution in [0.5, 0.6) is 0 Å². The van der Waals surface area contributed by atoms with Crippen molar-refractivity contribution in [2.75, 3.05) is 0 Å². The highest BCUT2D eigenvalue weighted by molar-refractivity contribution is 7.91. The number of imidazole rings is 1. The molecule has 0 atom stereocenters. The van der Waals surface area contributed by atoms with Crippen molar-refractivity contribution in [2.24, 2.45) is 5.14 Å². The molecule has 0 aliphatic rings. The van der Waals surface area contributed by atoms with Gasteiger partial charge in [0.05, 0.1) is 0 Å². The molecule has 0 saturated carbocycles. The number of aromatic nitrogens is 2. The predicted molar refractivity (Wildman–Crippen MR) is 114 cm³/mol. The van der Waals surface area contributed by atoms with Crippen LogP contribution < -0.4 is 5.14 Å². The highest BCUT2D eigenvalue weighted by Gasteiger charge is 2.19. The smallest absolute Gasteiger partial charge is 0.248 e. The number of nitrogens with zero attached hydrogens (tertiary/aromatic N) is 2. The van der Waals surface area contributed by atoms with Crippen molar-refractivity contribution in [2.45, 2.75) is 38.4 Å². The number of primary sulfonamides is 1. The molecular formula is C19H22ClN3O3S2. The van der Waals surface area contributed by atoms with Gasteiger partial charge in [-0.15, -0.1) is 11.3 Å². The number of hydrogen-bond acceptors (Lipinski definition) is 5. The third-order valence-electron chi connectivity index (χ3n) is 3.95. The number of carbonyl (C=O) groups is 1. The van der Waals surface area contributed by atoms with Gasteiger partial charge in [-0.25, -0.2) is 18.5 Å². The summed E-state index contributed by atoms with van der Waals surface area (Å²) in [5.41, 5.74) is 2.62. The quantitative estimate of drug-likeness (QED) is 0.595. The number of carbonyl (C=O) groups excluding carboxylic acids is 1. The Bertz CT molecular complexity index is 1080. The molecule has 0 unspecified atom stereocenters. The summed E-state index contributed by atoms with van der Waals surface area (Å²) < 4.78 is 25.5. The Morgan fingerprint density at radius 1 is 1.21 bits per heavy atom. The van der Waals surface area contributed by atoms with E-state index in [4.69, 9.17) is 16.7 Å². The number of thiophene rings is 1. The molecule has 150 valence electrons. The van der Waals surface area contributed by atoms with Crippen molar-refractivity contribution in [1.29, 1.82) is 0 Å². The van der Waals surface area contributed by atoms with Gasteiger partial charge in [0.15, 0.2) is 11.4 Å². The lowest BCUT2D eigenvalue weighted by atomic mass is 10.1. The van der Waals surface area contributed by atoms with E-state index in [9.17, 15) is 13.2 Å². The highest BCUT2D eigenvalue weighted by atomic mass is 35.5. The maximum Gasteiger partial charge on any atom is 0.248 e. The molecule has 1 aromatic carbocycles. The van der Waals surface area contributed by atoms with Gasteiger partial charge in [0.2, 0.25) is 10.0 Å². The summed E-state index contributed by atoms with van der Waals surface area (Å²) in [5.74, 6) is 0.645. The molecule has 0 radical (unpaired) electrons. The minimum Gasteiger partial charge on any atom is -0.320 e. The van der Waals surface area contributed by atoms with E-state index in [0.29, 0.717) is 29.9 Å². The van der Waals surface area contributed by atoms with Gasteiger partial charge in [-0.1, -0.05) is 49.7 Å². The maximum atomic E-state index is 11.8. The van der Waals surface area contributed by atoms with E-state index >= 15 is 0 Å². The molecule has 2 heterocycles. The van der Waals surface area contributed by atoms with Crippen LogP contribution in [0.2, 0.25) is 5.15 Å². The Morgan fingerprint density at radius 2 is 1.82 bits per heavy atom. The molecule has 0 amide bonds. The molecule has 0 aliphatic carbocycles. The highest BCUT2D eigenvalue weighted by Crippen LogP contribution is 2.34. The lowest BCUT2D eigenvalue weighted by Gasteiger charge is -2.09. The maximum absolute atomic E-state index is 11.8. The number of nitrogens with two attached hydrogens (primary N) is 1. The first-order valence-corrected chi connectivity index (χ1v) is 11.3. The van der Waals surface area contributed by atoms with Gasteiger partial charge >= 0.3 is 0 Å².